The van der Waals surface area contributed by atoms with Crippen LogP contribution in [-0.4, -0.2) is 47.0 Å². The molecule has 0 atom stereocenters. The molecule has 0 bridgehead atoms. The van der Waals surface area contributed by atoms with E-state index in [0.29, 0.717) is 0 Å². The van der Waals surface area contributed by atoms with Gasteiger partial charge in [0.1, 0.15) is 5.54 Å². The van der Waals surface area contributed by atoms with E-state index in [4.69, 9.17) is 0 Å². The van der Waals surface area contributed by atoms with Gasteiger partial charge in [0, 0.05) is 24.5 Å². The molecule has 3 saturated carbocycles. The van der Waals surface area contributed by atoms with Crippen molar-refractivity contribution in [1.82, 2.24) is 0 Å². The summed E-state index contributed by atoms with van der Waals surface area (Å²) in [4.78, 5) is 7.57. The number of rotatable bonds is 7. The van der Waals surface area contributed by atoms with E-state index < -0.39 is 6.89 Å². The van der Waals surface area contributed by atoms with Crippen LogP contribution < -0.4 is 9.80 Å². The third-order valence-electron chi connectivity index (χ3n) is 11.9. The minimum absolute atomic E-state index is 0.771. The van der Waals surface area contributed by atoms with Crippen LogP contribution in [0.25, 0.3) is 0 Å². The van der Waals surface area contributed by atoms with Crippen LogP contribution >= 0.6 is 6.89 Å². The molecule has 5 heteroatoms. The van der Waals surface area contributed by atoms with Crippen molar-refractivity contribution in [3.8, 4) is 0 Å². The van der Waals surface area contributed by atoms with Crippen molar-refractivity contribution in [1.29, 1.82) is 0 Å². The summed E-state index contributed by atoms with van der Waals surface area (Å²) < 4.78 is 4.68. The number of hydrogen-bond acceptors (Lipinski definition) is 1. The molecule has 2 aromatic rings. The van der Waals surface area contributed by atoms with E-state index in [1.165, 1.54) is 130 Å². The van der Waals surface area contributed by atoms with E-state index in [2.05, 4.69) is 98.2 Å². The van der Waals surface area contributed by atoms with Gasteiger partial charge in [-0.15, -0.1) is 0 Å². The third-order valence-corrected chi connectivity index (χ3v) is 18.6. The molecule has 1 heterocycles. The molecule has 262 valence electrons. The van der Waals surface area contributed by atoms with Crippen molar-refractivity contribution < 1.29 is 22.6 Å². The first kappa shape index (κ1) is 37.1. The summed E-state index contributed by atoms with van der Waals surface area (Å²) in [5.74, 6) is 0. The molecular formula is C42H65N2OPRu. The van der Waals surface area contributed by atoms with Crippen LogP contribution in [0, 0.1) is 41.5 Å². The minimum atomic E-state index is -1.55. The van der Waals surface area contributed by atoms with Gasteiger partial charge in [-0.2, -0.15) is 0 Å². The molecule has 4 fully saturated rings. The predicted octanol–water partition coefficient (Wildman–Crippen LogP) is 11.3. The first-order chi connectivity index (χ1) is 22.7. The van der Waals surface area contributed by atoms with Crippen LogP contribution in [0.3, 0.4) is 0 Å². The fourth-order valence-electron chi connectivity index (χ4n) is 10.6. The van der Waals surface area contributed by atoms with Gasteiger partial charge in [0.2, 0.25) is 0 Å². The molecule has 1 aliphatic heterocycles. The van der Waals surface area contributed by atoms with Gasteiger partial charge in [-0.3, -0.25) is 0 Å². The van der Waals surface area contributed by atoms with Crippen molar-refractivity contribution in [2.75, 3.05) is 29.5 Å². The van der Waals surface area contributed by atoms with E-state index in [1.807, 2.05) is 12.5 Å². The molecule has 3 nitrogen and oxygen atoms in total. The Labute approximate surface area is 298 Å². The molecule has 47 heavy (non-hydrogen) atoms. The molecule has 1 saturated heterocycles. The quantitative estimate of drug-likeness (QED) is 0.207. The maximum absolute atomic E-state index is 4.68. The molecule has 2 aromatic carbocycles. The summed E-state index contributed by atoms with van der Waals surface area (Å²) in [6.45, 7) is 17.6. The summed E-state index contributed by atoms with van der Waals surface area (Å²) >= 11 is 2.27. The zero-order valence-corrected chi connectivity index (χ0v) is 33.6. The van der Waals surface area contributed by atoms with Crippen LogP contribution in [-0.2, 0) is 22.6 Å². The predicted molar refractivity (Wildman–Crippen MR) is 206 cm³/mol. The van der Waals surface area contributed by atoms with Crippen LogP contribution in [0.1, 0.15) is 137 Å². The first-order valence-electron chi connectivity index (χ1n) is 19.2. The fourth-order valence-corrected chi connectivity index (χ4v) is 18.5. The van der Waals surface area contributed by atoms with Gasteiger partial charge in [-0.25, -0.2) is 0 Å². The normalized spacial score (nSPS) is 20.4. The van der Waals surface area contributed by atoms with E-state index in [-0.39, 0.29) is 0 Å². The zero-order valence-electron chi connectivity index (χ0n) is 31.0. The number of aryl methyl sites for hydroxylation is 6. The Morgan fingerprint density at radius 1 is 0.596 bits per heavy atom. The second-order valence-corrected chi connectivity index (χ2v) is 20.0. The Hall–Kier alpha value is -1.21. The van der Waals surface area contributed by atoms with Crippen LogP contribution in [0.5, 0.6) is 0 Å². The second-order valence-electron chi connectivity index (χ2n) is 15.3. The molecule has 6 rings (SSSR count). The van der Waals surface area contributed by atoms with Crippen molar-refractivity contribution in [2.45, 2.75) is 162 Å². The van der Waals surface area contributed by atoms with Gasteiger partial charge in [-0.1, -0.05) is 100 Å². The maximum atomic E-state index is 4.68. The average molecular weight is 746 g/mol. The van der Waals surface area contributed by atoms with Gasteiger partial charge in [0.15, 0.2) is 0 Å². The SMILES string of the molecule is CCO[CH]=[Ru].Cc1cc(C)c(N2CCN(c3c(C)cc(C)cc3C)C2=P(C2CCCCC2)(C2CCCCC2)C2CCCCC2)c(C)c1. The summed E-state index contributed by atoms with van der Waals surface area (Å²) in [6, 6.07) is 9.86. The van der Waals surface area contributed by atoms with Crippen LogP contribution in [0.2, 0.25) is 0 Å². The van der Waals surface area contributed by atoms with E-state index in [1.54, 1.807) is 16.2 Å². The standard InChI is InChI=1S/C39H59N2P.C3H6O.Ru/c1-28-24-30(3)37(31(4)25-28)40-22-23-41(38-32(5)26-29(2)27-33(38)6)39(40)42(34-16-10-7-11-17-34,35-18-12-8-13-19-35)36-20-14-9-15-21-36;1-3-4-2;/h24-27,34-36H,7-23H2,1-6H3;2H,3H2,1H3;. The molecule has 0 radical (unpaired) electrons. The molecule has 0 spiro atoms. The van der Waals surface area contributed by atoms with Crippen LogP contribution in [0.4, 0.5) is 11.4 Å². The molecule has 4 aliphatic rings. The molecule has 0 unspecified atom stereocenters. The number of anilines is 2. The van der Waals surface area contributed by atoms with Gasteiger partial charge < -0.3 is 9.80 Å². The zero-order chi connectivity index (χ0) is 33.6. The first-order valence-corrected chi connectivity index (χ1v) is 22.2. The Kier molecular flexibility index (Phi) is 13.5. The van der Waals surface area contributed by atoms with Crippen molar-refractivity contribution in [2.24, 2.45) is 0 Å². The van der Waals surface area contributed by atoms with Gasteiger partial charge >= 0.3 is 40.9 Å². The number of nitrogens with zero attached hydrogens (tertiary/aromatic N) is 2. The number of ether oxygens (including phenoxy) is 1. The maximum Gasteiger partial charge on any atom is 0.109 e. The number of hydrogen-bond donors (Lipinski definition) is 0. The van der Waals surface area contributed by atoms with Crippen molar-refractivity contribution in [3.63, 3.8) is 0 Å². The van der Waals surface area contributed by atoms with Gasteiger partial charge in [-0.05, 0) is 119 Å². The molecule has 3 aliphatic carbocycles. The van der Waals surface area contributed by atoms with E-state index in [0.717, 1.165) is 36.7 Å². The molecular weight excluding hydrogens is 681 g/mol. The fraction of sp³-hybridized carbons (Fsp3) is 0.667. The Morgan fingerprint density at radius 3 is 1.17 bits per heavy atom. The van der Waals surface area contributed by atoms with Crippen molar-refractivity contribution in [3.05, 3.63) is 57.6 Å². The van der Waals surface area contributed by atoms with Gasteiger partial charge in [0.05, 0.1) is 0 Å². The third kappa shape index (κ3) is 7.92. The second kappa shape index (κ2) is 17.1. The number of benzene rings is 2. The topological polar surface area (TPSA) is 15.7 Å². The van der Waals surface area contributed by atoms with Gasteiger partial charge in [0.25, 0.3) is 0 Å². The minimum Gasteiger partial charge on any atom is -0.326 e. The summed E-state index contributed by atoms with van der Waals surface area (Å²) in [5, 5.41) is 0. The summed E-state index contributed by atoms with van der Waals surface area (Å²) in [5.41, 5.74) is 16.5. The van der Waals surface area contributed by atoms with Crippen molar-refractivity contribution >= 4 is 28.6 Å². The molecule has 0 amide bonds. The smallest absolute Gasteiger partial charge is 0.109 e. The molecule has 0 aromatic heterocycles. The largest absolute Gasteiger partial charge is 0.326 e. The van der Waals surface area contributed by atoms with E-state index in [9.17, 15) is 0 Å². The summed E-state index contributed by atoms with van der Waals surface area (Å²) in [6.07, 6.45) is 22.1. The average Bonchev–Trinajstić information content (AvgIpc) is 3.47. The van der Waals surface area contributed by atoms with Crippen LogP contribution in [0.15, 0.2) is 24.3 Å². The van der Waals surface area contributed by atoms with E-state index >= 15 is 0 Å². The Bertz CT molecular complexity index is 1250. The molecule has 0 N–H and O–H groups in total. The summed E-state index contributed by atoms with van der Waals surface area (Å²) in [7, 11) is 0. The monoisotopic (exact) mass is 746 g/mol. The Balaban J connectivity index is 0.000000807. The Morgan fingerprint density at radius 2 is 0.915 bits per heavy atom.